The van der Waals surface area contributed by atoms with Crippen LogP contribution < -0.4 is 14.2 Å². The third-order valence-corrected chi connectivity index (χ3v) is 8.18. The Labute approximate surface area is 260 Å². The Bertz CT molecular complexity index is 1430. The lowest BCUT2D eigenvalue weighted by molar-refractivity contribution is -0.244. The number of hydrogen-bond acceptors (Lipinski definition) is 8. The Balaban J connectivity index is 1.19. The fourth-order valence-electron chi connectivity index (χ4n) is 6.03. The first-order valence-corrected chi connectivity index (χ1v) is 15.4. The largest absolute Gasteiger partial charge is 0.492 e. The van der Waals surface area contributed by atoms with Gasteiger partial charge in [0, 0.05) is 30.6 Å². The van der Waals surface area contributed by atoms with Crippen molar-refractivity contribution in [3.63, 3.8) is 0 Å². The lowest BCUT2D eigenvalue weighted by atomic mass is 9.94. The molecule has 1 saturated heterocycles. The van der Waals surface area contributed by atoms with Crippen LogP contribution in [-0.4, -0.2) is 60.9 Å². The number of benzene rings is 3. The van der Waals surface area contributed by atoms with E-state index in [1.54, 1.807) is 0 Å². The molecule has 0 amide bonds. The highest BCUT2D eigenvalue weighted by atomic mass is 16.6. The smallest absolute Gasteiger partial charge is 0.306 e. The zero-order valence-electron chi connectivity index (χ0n) is 26.7. The molecule has 2 aliphatic heterocycles. The first kappa shape index (κ1) is 31.8. The van der Waals surface area contributed by atoms with E-state index in [0.717, 1.165) is 71.0 Å². The molecule has 3 aromatic carbocycles. The fourth-order valence-corrected chi connectivity index (χ4v) is 6.03. The van der Waals surface area contributed by atoms with Crippen molar-refractivity contribution in [2.24, 2.45) is 0 Å². The monoisotopic (exact) mass is 603 g/mol. The summed E-state index contributed by atoms with van der Waals surface area (Å²) in [7, 11) is 1.40. The standard InChI is InChI=1S/C36H45NO7/c1-23-16-30(43-28-12-14-37(15-13-28)35(39)44-36(3,4)5)17-24(2)34(23)26-9-7-8-25(18-26)21-41-29-10-11-31-27(19-33(38)40-6)22-42-32(31)20-29/h7-11,16-18,20,27-28,35,39H,12-15,19,21-22H2,1-6H3. The van der Waals surface area contributed by atoms with E-state index in [9.17, 15) is 9.90 Å². The quantitative estimate of drug-likeness (QED) is 0.207. The van der Waals surface area contributed by atoms with E-state index < -0.39 is 12.0 Å². The number of methoxy groups -OCH3 is 1. The van der Waals surface area contributed by atoms with Gasteiger partial charge in [0.2, 0.25) is 6.41 Å². The summed E-state index contributed by atoms with van der Waals surface area (Å²) in [5.41, 5.74) is 6.32. The zero-order chi connectivity index (χ0) is 31.4. The molecular weight excluding hydrogens is 558 g/mol. The maximum absolute atomic E-state index is 11.7. The van der Waals surface area contributed by atoms with E-state index in [2.05, 4.69) is 50.2 Å². The van der Waals surface area contributed by atoms with Crippen LogP contribution in [0.1, 0.15) is 68.2 Å². The van der Waals surface area contributed by atoms with Gasteiger partial charge in [0.1, 0.15) is 30.0 Å². The van der Waals surface area contributed by atoms with Crippen molar-refractivity contribution in [3.05, 3.63) is 76.9 Å². The van der Waals surface area contributed by atoms with Crippen LogP contribution in [0.2, 0.25) is 0 Å². The number of aliphatic hydroxyl groups excluding tert-OH is 1. The molecule has 2 aliphatic rings. The van der Waals surface area contributed by atoms with Gasteiger partial charge in [-0.25, -0.2) is 0 Å². The Kier molecular flexibility index (Phi) is 9.83. The number of ether oxygens (including phenoxy) is 5. The summed E-state index contributed by atoms with van der Waals surface area (Å²) in [4.78, 5) is 13.7. The lowest BCUT2D eigenvalue weighted by Crippen LogP contribution is -2.47. The van der Waals surface area contributed by atoms with Crippen LogP contribution in [0.25, 0.3) is 11.1 Å². The minimum atomic E-state index is -0.893. The topological polar surface area (TPSA) is 86.7 Å². The summed E-state index contributed by atoms with van der Waals surface area (Å²) in [6.07, 6.45) is 1.17. The molecule has 0 spiro atoms. The number of aliphatic hydroxyl groups is 1. The van der Waals surface area contributed by atoms with Crippen LogP contribution in [0.5, 0.6) is 17.2 Å². The first-order valence-electron chi connectivity index (χ1n) is 15.4. The van der Waals surface area contributed by atoms with Crippen LogP contribution in [0.3, 0.4) is 0 Å². The van der Waals surface area contributed by atoms with Crippen LogP contribution in [0.15, 0.2) is 54.6 Å². The van der Waals surface area contributed by atoms with E-state index >= 15 is 0 Å². The summed E-state index contributed by atoms with van der Waals surface area (Å²) in [6, 6.07) is 18.5. The molecule has 1 fully saturated rings. The van der Waals surface area contributed by atoms with E-state index in [-0.39, 0.29) is 18.0 Å². The van der Waals surface area contributed by atoms with Crippen molar-refractivity contribution in [2.75, 3.05) is 26.8 Å². The summed E-state index contributed by atoms with van der Waals surface area (Å²) in [5, 5.41) is 10.4. The minimum absolute atomic E-state index is 0.00647. The number of aryl methyl sites for hydroxylation is 2. The number of piperidine rings is 1. The molecule has 2 atom stereocenters. The highest BCUT2D eigenvalue weighted by molar-refractivity contribution is 5.72. The second-order valence-electron chi connectivity index (χ2n) is 12.8. The molecule has 3 aromatic rings. The van der Waals surface area contributed by atoms with Crippen molar-refractivity contribution >= 4 is 5.97 Å². The highest BCUT2D eigenvalue weighted by Crippen LogP contribution is 2.39. The number of nitrogens with zero attached hydrogens (tertiary/aromatic N) is 1. The van der Waals surface area contributed by atoms with Gasteiger partial charge in [0.25, 0.3) is 0 Å². The number of hydrogen-bond donors (Lipinski definition) is 1. The predicted molar refractivity (Wildman–Crippen MR) is 169 cm³/mol. The summed E-state index contributed by atoms with van der Waals surface area (Å²) in [6.45, 7) is 12.4. The molecule has 0 bridgehead atoms. The maximum Gasteiger partial charge on any atom is 0.306 e. The normalized spacial score (nSPS) is 17.9. The molecule has 1 N–H and O–H groups in total. The lowest BCUT2D eigenvalue weighted by Gasteiger charge is -2.37. The van der Waals surface area contributed by atoms with Crippen LogP contribution in [0, 0.1) is 13.8 Å². The Hall–Kier alpha value is -3.59. The van der Waals surface area contributed by atoms with Gasteiger partial charge >= 0.3 is 5.97 Å². The molecule has 8 nitrogen and oxygen atoms in total. The van der Waals surface area contributed by atoms with Gasteiger partial charge in [0.05, 0.1) is 25.7 Å². The van der Waals surface area contributed by atoms with Gasteiger partial charge in [-0.15, -0.1) is 0 Å². The average Bonchev–Trinajstić information content (AvgIpc) is 3.37. The van der Waals surface area contributed by atoms with Crippen LogP contribution in [-0.2, 0) is 20.9 Å². The van der Waals surface area contributed by atoms with E-state index in [1.807, 2.05) is 43.9 Å². The highest BCUT2D eigenvalue weighted by Gasteiger charge is 2.29. The van der Waals surface area contributed by atoms with Crippen molar-refractivity contribution in [1.82, 2.24) is 4.90 Å². The summed E-state index contributed by atoms with van der Waals surface area (Å²) in [5.74, 6) is 2.13. The van der Waals surface area contributed by atoms with Crippen molar-refractivity contribution in [3.8, 4) is 28.4 Å². The van der Waals surface area contributed by atoms with Gasteiger partial charge in [0.15, 0.2) is 0 Å². The van der Waals surface area contributed by atoms with Crippen LogP contribution >= 0.6 is 0 Å². The van der Waals surface area contributed by atoms with Crippen molar-refractivity contribution < 1.29 is 33.6 Å². The van der Waals surface area contributed by atoms with Gasteiger partial charge in [-0.05, 0) is 99.5 Å². The predicted octanol–water partition coefficient (Wildman–Crippen LogP) is 6.52. The second-order valence-corrected chi connectivity index (χ2v) is 12.8. The molecule has 2 heterocycles. The van der Waals surface area contributed by atoms with Crippen molar-refractivity contribution in [1.29, 1.82) is 0 Å². The SMILES string of the molecule is COC(=O)CC1COc2cc(OCc3cccc(-c4c(C)cc(OC5CCN(C(O)OC(C)(C)C)CC5)cc4C)c3)ccc21. The fraction of sp³-hybridized carbons (Fsp3) is 0.472. The van der Waals surface area contributed by atoms with Crippen molar-refractivity contribution in [2.45, 2.75) is 84.5 Å². The molecule has 8 heteroatoms. The molecule has 0 aromatic heterocycles. The van der Waals surface area contributed by atoms with Crippen LogP contribution in [0.4, 0.5) is 0 Å². The molecule has 2 unspecified atom stereocenters. The first-order chi connectivity index (χ1) is 21.0. The molecule has 5 rings (SSSR count). The Morgan fingerprint density at radius 3 is 2.43 bits per heavy atom. The number of likely N-dealkylation sites (tertiary alicyclic amines) is 1. The third-order valence-electron chi connectivity index (χ3n) is 8.18. The van der Waals surface area contributed by atoms with Gasteiger partial charge in [-0.1, -0.05) is 24.3 Å². The Morgan fingerprint density at radius 2 is 1.75 bits per heavy atom. The van der Waals surface area contributed by atoms with Gasteiger partial charge in [-0.3, -0.25) is 9.69 Å². The third kappa shape index (κ3) is 7.92. The summed E-state index contributed by atoms with van der Waals surface area (Å²) < 4.78 is 28.9. The average molecular weight is 604 g/mol. The molecule has 236 valence electrons. The molecule has 0 radical (unpaired) electrons. The minimum Gasteiger partial charge on any atom is -0.492 e. The number of carbonyl (C=O) groups excluding carboxylic acids is 1. The van der Waals surface area contributed by atoms with Gasteiger partial charge < -0.3 is 28.8 Å². The molecule has 0 aliphatic carbocycles. The second kappa shape index (κ2) is 13.6. The Morgan fingerprint density at radius 1 is 1.02 bits per heavy atom. The summed E-state index contributed by atoms with van der Waals surface area (Å²) >= 11 is 0. The number of carbonyl (C=O) groups is 1. The number of esters is 1. The van der Waals surface area contributed by atoms with E-state index in [4.69, 9.17) is 23.7 Å². The van der Waals surface area contributed by atoms with E-state index in [0.29, 0.717) is 19.6 Å². The number of rotatable bonds is 10. The molecule has 44 heavy (non-hydrogen) atoms. The zero-order valence-corrected chi connectivity index (χ0v) is 26.7. The van der Waals surface area contributed by atoms with E-state index in [1.165, 1.54) is 12.7 Å². The maximum atomic E-state index is 11.7. The molecular formula is C36H45NO7. The number of fused-ring (bicyclic) bond motifs is 1. The van der Waals surface area contributed by atoms with Gasteiger partial charge in [-0.2, -0.15) is 0 Å². The molecule has 0 saturated carbocycles.